The van der Waals surface area contributed by atoms with Gasteiger partial charge in [-0.25, -0.2) is 13.4 Å². The van der Waals surface area contributed by atoms with Crippen LogP contribution in [0.1, 0.15) is 17.5 Å². The highest BCUT2D eigenvalue weighted by atomic mass is 32.2. The zero-order chi connectivity index (χ0) is 21.3. The Kier molecular flexibility index (Phi) is 4.97. The Morgan fingerprint density at radius 3 is 2.77 bits per heavy atom. The van der Waals surface area contributed by atoms with Crippen molar-refractivity contribution in [2.75, 3.05) is 21.9 Å². The topological polar surface area (TPSA) is 129 Å². The molecular formula is C20H17N5O4S. The molecule has 9 nitrogen and oxygen atoms in total. The highest BCUT2D eigenvalue weighted by Crippen LogP contribution is 2.27. The van der Waals surface area contributed by atoms with Crippen LogP contribution in [0.25, 0.3) is 10.9 Å². The minimum absolute atomic E-state index is 0.102. The number of nitro groups is 1. The minimum Gasteiger partial charge on any atom is -0.366 e. The number of fused-ring (bicyclic) bond motifs is 1. The quantitative estimate of drug-likeness (QED) is 0.493. The van der Waals surface area contributed by atoms with Gasteiger partial charge in [-0.3, -0.25) is 14.4 Å². The van der Waals surface area contributed by atoms with E-state index in [0.717, 1.165) is 5.56 Å². The summed E-state index contributed by atoms with van der Waals surface area (Å²) < 4.78 is 25.7. The van der Waals surface area contributed by atoms with E-state index in [1.807, 2.05) is 12.1 Å². The number of nitriles is 1. The second-order valence-corrected chi connectivity index (χ2v) is 8.90. The first kappa shape index (κ1) is 19.6. The first-order valence-electron chi connectivity index (χ1n) is 9.20. The fourth-order valence-corrected chi connectivity index (χ4v) is 5.01. The van der Waals surface area contributed by atoms with Crippen molar-refractivity contribution in [2.24, 2.45) is 0 Å². The third-order valence-electron chi connectivity index (χ3n) is 4.89. The highest BCUT2D eigenvalue weighted by Gasteiger charge is 2.28. The maximum atomic E-state index is 12.1. The number of hydrogen-bond acceptors (Lipinski definition) is 7. The molecule has 1 fully saturated rings. The molecule has 0 atom stereocenters. The lowest BCUT2D eigenvalue weighted by Crippen LogP contribution is -2.25. The molecule has 2 heterocycles. The lowest BCUT2D eigenvalue weighted by molar-refractivity contribution is -0.384. The second-order valence-electron chi connectivity index (χ2n) is 6.89. The molecule has 0 radical (unpaired) electrons. The minimum atomic E-state index is -3.25. The molecule has 1 saturated heterocycles. The largest absolute Gasteiger partial charge is 0.366 e. The van der Waals surface area contributed by atoms with Gasteiger partial charge in [0.25, 0.3) is 5.69 Å². The monoisotopic (exact) mass is 423 g/mol. The standard InChI is InChI=1S/C20H17N5O4S/c21-12-15-10-20(23-19-6-5-17(25(26)27)11-18(15)19)22-13-14-3-1-4-16(9-14)24-7-2-8-30(24,28)29/h1,3-6,9-11H,2,7-8,13H2,(H,22,23). The van der Waals surface area contributed by atoms with Crippen molar-refractivity contribution < 1.29 is 13.3 Å². The van der Waals surface area contributed by atoms with Crippen LogP contribution in [0.4, 0.5) is 17.2 Å². The molecule has 4 rings (SSSR count). The van der Waals surface area contributed by atoms with Crippen LogP contribution in [0.15, 0.2) is 48.5 Å². The normalized spacial score (nSPS) is 15.1. The summed E-state index contributed by atoms with van der Waals surface area (Å²) in [4.78, 5) is 14.9. The van der Waals surface area contributed by atoms with Crippen molar-refractivity contribution in [3.8, 4) is 6.07 Å². The smallest absolute Gasteiger partial charge is 0.270 e. The van der Waals surface area contributed by atoms with E-state index in [2.05, 4.69) is 16.4 Å². The van der Waals surface area contributed by atoms with E-state index < -0.39 is 14.9 Å². The number of nitrogens with zero attached hydrogens (tertiary/aromatic N) is 4. The van der Waals surface area contributed by atoms with E-state index in [4.69, 9.17) is 0 Å². The van der Waals surface area contributed by atoms with Gasteiger partial charge in [-0.05, 0) is 36.2 Å². The van der Waals surface area contributed by atoms with E-state index in [9.17, 15) is 23.8 Å². The van der Waals surface area contributed by atoms with Gasteiger partial charge >= 0.3 is 0 Å². The Morgan fingerprint density at radius 1 is 1.23 bits per heavy atom. The van der Waals surface area contributed by atoms with Crippen molar-refractivity contribution in [3.63, 3.8) is 0 Å². The zero-order valence-corrected chi connectivity index (χ0v) is 16.6. The van der Waals surface area contributed by atoms with Gasteiger partial charge in [-0.1, -0.05) is 12.1 Å². The van der Waals surface area contributed by atoms with Gasteiger partial charge < -0.3 is 5.32 Å². The fraction of sp³-hybridized carbons (Fsp3) is 0.200. The van der Waals surface area contributed by atoms with E-state index in [-0.39, 0.29) is 17.0 Å². The Morgan fingerprint density at radius 2 is 2.07 bits per heavy atom. The van der Waals surface area contributed by atoms with Gasteiger partial charge in [-0.2, -0.15) is 5.26 Å². The summed E-state index contributed by atoms with van der Waals surface area (Å²) >= 11 is 0. The van der Waals surface area contributed by atoms with Gasteiger partial charge in [0, 0.05) is 30.6 Å². The molecule has 30 heavy (non-hydrogen) atoms. The number of sulfonamides is 1. The van der Waals surface area contributed by atoms with Gasteiger partial charge in [0.05, 0.1) is 33.5 Å². The lowest BCUT2D eigenvalue weighted by atomic mass is 10.1. The molecule has 2 aromatic carbocycles. The average molecular weight is 423 g/mol. The van der Waals surface area contributed by atoms with Crippen LogP contribution in [0.2, 0.25) is 0 Å². The Labute approximate surface area is 172 Å². The fourth-order valence-electron chi connectivity index (χ4n) is 3.45. The van der Waals surface area contributed by atoms with Crippen LogP contribution >= 0.6 is 0 Å². The summed E-state index contributed by atoms with van der Waals surface area (Å²) in [5.74, 6) is 0.609. The van der Waals surface area contributed by atoms with Crippen LogP contribution in [-0.4, -0.2) is 30.6 Å². The summed E-state index contributed by atoms with van der Waals surface area (Å²) in [6, 6.07) is 15.0. The SMILES string of the molecule is N#Cc1cc(NCc2cccc(N3CCCS3(=O)=O)c2)nc2ccc([N+](=O)[O-])cc12. The summed E-state index contributed by atoms with van der Waals surface area (Å²) in [7, 11) is -3.25. The number of anilines is 2. The van der Waals surface area contributed by atoms with Gasteiger partial charge in [0.1, 0.15) is 5.82 Å². The molecule has 3 aromatic rings. The Hall–Kier alpha value is -3.71. The van der Waals surface area contributed by atoms with E-state index in [1.165, 1.54) is 22.5 Å². The molecule has 1 N–H and O–H groups in total. The number of benzene rings is 2. The lowest BCUT2D eigenvalue weighted by Gasteiger charge is -2.18. The molecule has 10 heteroatoms. The van der Waals surface area contributed by atoms with Crippen LogP contribution in [-0.2, 0) is 16.6 Å². The first-order chi connectivity index (χ1) is 14.4. The summed E-state index contributed by atoms with van der Waals surface area (Å²) in [5, 5.41) is 24.0. The number of nitrogens with one attached hydrogen (secondary N) is 1. The van der Waals surface area contributed by atoms with E-state index in [1.54, 1.807) is 18.2 Å². The van der Waals surface area contributed by atoms with Crippen molar-refractivity contribution >= 4 is 38.1 Å². The number of pyridine rings is 1. The molecule has 152 valence electrons. The predicted octanol–water partition coefficient (Wildman–Crippen LogP) is 3.17. The van der Waals surface area contributed by atoms with Crippen LogP contribution in [0.5, 0.6) is 0 Å². The van der Waals surface area contributed by atoms with E-state index in [0.29, 0.717) is 41.9 Å². The molecule has 1 aliphatic heterocycles. The molecule has 0 saturated carbocycles. The van der Waals surface area contributed by atoms with Crippen LogP contribution in [0, 0.1) is 21.4 Å². The molecule has 0 aliphatic carbocycles. The van der Waals surface area contributed by atoms with Crippen molar-refractivity contribution in [3.05, 3.63) is 69.8 Å². The molecule has 1 aliphatic rings. The Balaban J connectivity index is 1.58. The van der Waals surface area contributed by atoms with Crippen molar-refractivity contribution in [1.29, 1.82) is 5.26 Å². The molecule has 0 unspecified atom stereocenters. The maximum Gasteiger partial charge on any atom is 0.270 e. The van der Waals surface area contributed by atoms with Gasteiger partial charge in [0.2, 0.25) is 10.0 Å². The number of non-ortho nitro benzene ring substituents is 1. The average Bonchev–Trinajstić information content (AvgIpc) is 3.10. The number of hydrogen-bond donors (Lipinski definition) is 1. The van der Waals surface area contributed by atoms with Gasteiger partial charge in [0.15, 0.2) is 0 Å². The van der Waals surface area contributed by atoms with E-state index >= 15 is 0 Å². The van der Waals surface area contributed by atoms with Crippen molar-refractivity contribution in [2.45, 2.75) is 13.0 Å². The third kappa shape index (κ3) is 3.75. The molecule has 0 bridgehead atoms. The first-order valence-corrected chi connectivity index (χ1v) is 10.8. The summed E-state index contributed by atoms with van der Waals surface area (Å²) in [5.41, 5.74) is 2.14. The number of aromatic nitrogens is 1. The second kappa shape index (κ2) is 7.61. The Bertz CT molecular complexity index is 1300. The predicted molar refractivity (Wildman–Crippen MR) is 113 cm³/mol. The molecule has 1 aromatic heterocycles. The van der Waals surface area contributed by atoms with Crippen LogP contribution < -0.4 is 9.62 Å². The number of nitro benzene ring substituents is 1. The molecule has 0 amide bonds. The maximum absolute atomic E-state index is 12.1. The van der Waals surface area contributed by atoms with Crippen LogP contribution in [0.3, 0.4) is 0 Å². The summed E-state index contributed by atoms with van der Waals surface area (Å²) in [6.45, 7) is 0.848. The zero-order valence-electron chi connectivity index (χ0n) is 15.8. The molecular weight excluding hydrogens is 406 g/mol. The van der Waals surface area contributed by atoms with Crippen molar-refractivity contribution in [1.82, 2.24) is 4.98 Å². The number of rotatable bonds is 5. The molecule has 0 spiro atoms. The third-order valence-corrected chi connectivity index (χ3v) is 6.76. The highest BCUT2D eigenvalue weighted by molar-refractivity contribution is 7.93. The summed E-state index contributed by atoms with van der Waals surface area (Å²) in [6.07, 6.45) is 0.612. The van der Waals surface area contributed by atoms with Gasteiger partial charge in [-0.15, -0.1) is 0 Å².